The molecule has 0 amide bonds. The van der Waals surface area contributed by atoms with E-state index in [4.69, 9.17) is 0 Å². The average molecular weight is 234 g/mol. The number of carboxylic acid groups (broad SMARTS) is 1. The molecule has 1 N–H and O–H groups in total. The zero-order chi connectivity index (χ0) is 12.1. The highest BCUT2D eigenvalue weighted by molar-refractivity contribution is 5.83. The van der Waals surface area contributed by atoms with Gasteiger partial charge in [-0.25, -0.2) is 4.39 Å². The standard InChI is InChI=1S/C14H15FO2/c15-11-4-2-10(3-5-11)14(12(16)17)8-13(9-14)6-1-7-13/h2-5H,1,6-9H2,(H,16,17). The Balaban J connectivity index is 1.91. The molecular formula is C14H15FO2. The van der Waals surface area contributed by atoms with Crippen molar-refractivity contribution in [1.82, 2.24) is 0 Å². The Morgan fingerprint density at radius 2 is 1.76 bits per heavy atom. The number of aliphatic carboxylic acids is 1. The first-order chi connectivity index (χ1) is 8.06. The van der Waals surface area contributed by atoms with Gasteiger partial charge >= 0.3 is 5.97 Å². The quantitative estimate of drug-likeness (QED) is 0.853. The summed E-state index contributed by atoms with van der Waals surface area (Å²) in [6.45, 7) is 0. The molecule has 3 heteroatoms. The smallest absolute Gasteiger partial charge is 0.314 e. The topological polar surface area (TPSA) is 37.3 Å². The van der Waals surface area contributed by atoms with Crippen molar-refractivity contribution in [1.29, 1.82) is 0 Å². The Morgan fingerprint density at radius 1 is 1.18 bits per heavy atom. The van der Waals surface area contributed by atoms with Crippen LogP contribution in [0.5, 0.6) is 0 Å². The number of carbonyl (C=O) groups is 1. The van der Waals surface area contributed by atoms with Crippen LogP contribution in [0.3, 0.4) is 0 Å². The van der Waals surface area contributed by atoms with E-state index in [1.54, 1.807) is 12.1 Å². The van der Waals surface area contributed by atoms with Gasteiger partial charge in [-0.3, -0.25) is 4.79 Å². The number of hydrogen-bond acceptors (Lipinski definition) is 1. The Labute approximate surface area is 99.5 Å². The van der Waals surface area contributed by atoms with E-state index >= 15 is 0 Å². The third-order valence-corrected chi connectivity index (χ3v) is 4.57. The lowest BCUT2D eigenvalue weighted by molar-refractivity contribution is -0.160. The molecule has 1 aromatic carbocycles. The van der Waals surface area contributed by atoms with E-state index in [-0.39, 0.29) is 11.2 Å². The molecule has 0 radical (unpaired) electrons. The van der Waals surface area contributed by atoms with Crippen LogP contribution in [-0.4, -0.2) is 11.1 Å². The fourth-order valence-corrected chi connectivity index (χ4v) is 3.51. The molecule has 90 valence electrons. The van der Waals surface area contributed by atoms with Crippen molar-refractivity contribution < 1.29 is 14.3 Å². The van der Waals surface area contributed by atoms with Crippen molar-refractivity contribution >= 4 is 5.97 Å². The molecule has 2 fully saturated rings. The van der Waals surface area contributed by atoms with E-state index < -0.39 is 11.4 Å². The highest BCUT2D eigenvalue weighted by Crippen LogP contribution is 2.65. The second-order valence-electron chi connectivity index (χ2n) is 5.60. The van der Waals surface area contributed by atoms with Crippen LogP contribution in [0.1, 0.15) is 37.7 Å². The van der Waals surface area contributed by atoms with Crippen LogP contribution in [-0.2, 0) is 10.2 Å². The summed E-state index contributed by atoms with van der Waals surface area (Å²) in [7, 11) is 0. The number of halogens is 1. The first-order valence-electron chi connectivity index (χ1n) is 6.06. The van der Waals surface area contributed by atoms with E-state index in [1.165, 1.54) is 18.6 Å². The predicted octanol–water partition coefficient (Wildman–Crippen LogP) is 3.11. The van der Waals surface area contributed by atoms with Crippen LogP contribution in [0.2, 0.25) is 0 Å². The van der Waals surface area contributed by atoms with Gasteiger partial charge in [0, 0.05) is 0 Å². The van der Waals surface area contributed by atoms with Crippen molar-refractivity contribution in [2.75, 3.05) is 0 Å². The van der Waals surface area contributed by atoms with Crippen molar-refractivity contribution in [3.8, 4) is 0 Å². The zero-order valence-corrected chi connectivity index (χ0v) is 9.58. The van der Waals surface area contributed by atoms with Crippen LogP contribution in [0.4, 0.5) is 4.39 Å². The second kappa shape index (κ2) is 3.31. The molecular weight excluding hydrogens is 219 g/mol. The maximum absolute atomic E-state index is 12.9. The van der Waals surface area contributed by atoms with Gasteiger partial charge in [-0.15, -0.1) is 0 Å². The van der Waals surface area contributed by atoms with Gasteiger partial charge in [0.2, 0.25) is 0 Å². The predicted molar refractivity (Wildman–Crippen MR) is 61.2 cm³/mol. The number of benzene rings is 1. The van der Waals surface area contributed by atoms with Gasteiger partial charge in [0.1, 0.15) is 5.82 Å². The minimum absolute atomic E-state index is 0.285. The van der Waals surface area contributed by atoms with Gasteiger partial charge in [0.25, 0.3) is 0 Å². The molecule has 2 saturated carbocycles. The van der Waals surface area contributed by atoms with Crippen LogP contribution < -0.4 is 0 Å². The van der Waals surface area contributed by atoms with Gasteiger partial charge in [-0.1, -0.05) is 18.6 Å². The van der Waals surface area contributed by atoms with E-state index in [2.05, 4.69) is 0 Å². The largest absolute Gasteiger partial charge is 0.481 e. The van der Waals surface area contributed by atoms with Gasteiger partial charge in [0.05, 0.1) is 5.41 Å². The van der Waals surface area contributed by atoms with Crippen LogP contribution in [0, 0.1) is 11.2 Å². The molecule has 0 aromatic heterocycles. The molecule has 0 unspecified atom stereocenters. The Bertz CT molecular complexity index is 452. The summed E-state index contributed by atoms with van der Waals surface area (Å²) in [5, 5.41) is 9.46. The number of rotatable bonds is 2. The minimum Gasteiger partial charge on any atom is -0.481 e. The van der Waals surface area contributed by atoms with E-state index in [9.17, 15) is 14.3 Å². The molecule has 2 aliphatic rings. The van der Waals surface area contributed by atoms with Gasteiger partial charge in [-0.2, -0.15) is 0 Å². The molecule has 0 bridgehead atoms. The summed E-state index contributed by atoms with van der Waals surface area (Å²) in [5.74, 6) is -1.08. The third-order valence-electron chi connectivity index (χ3n) is 4.57. The lowest BCUT2D eigenvalue weighted by Crippen LogP contribution is -2.57. The molecule has 0 saturated heterocycles. The van der Waals surface area contributed by atoms with Crippen LogP contribution >= 0.6 is 0 Å². The zero-order valence-electron chi connectivity index (χ0n) is 9.58. The lowest BCUT2D eigenvalue weighted by Gasteiger charge is -2.59. The molecule has 17 heavy (non-hydrogen) atoms. The summed E-state index contributed by atoms with van der Waals surface area (Å²) in [6, 6.07) is 5.95. The summed E-state index contributed by atoms with van der Waals surface area (Å²) in [6.07, 6.45) is 4.98. The van der Waals surface area contributed by atoms with E-state index in [0.29, 0.717) is 0 Å². The van der Waals surface area contributed by atoms with Gasteiger partial charge in [-0.05, 0) is 48.8 Å². The fourth-order valence-electron chi connectivity index (χ4n) is 3.51. The second-order valence-corrected chi connectivity index (χ2v) is 5.60. The summed E-state index contributed by atoms with van der Waals surface area (Å²) >= 11 is 0. The Morgan fingerprint density at radius 3 is 2.18 bits per heavy atom. The molecule has 1 spiro atoms. The molecule has 2 nitrogen and oxygen atoms in total. The van der Waals surface area contributed by atoms with Gasteiger partial charge in [0.15, 0.2) is 0 Å². The highest BCUT2D eigenvalue weighted by Gasteiger charge is 2.61. The number of carboxylic acids is 1. The first-order valence-corrected chi connectivity index (χ1v) is 6.06. The number of hydrogen-bond donors (Lipinski definition) is 1. The molecule has 1 aromatic rings. The van der Waals surface area contributed by atoms with E-state index in [1.807, 2.05) is 0 Å². The third kappa shape index (κ3) is 1.41. The first kappa shape index (κ1) is 10.8. The van der Waals surface area contributed by atoms with Crippen molar-refractivity contribution in [2.45, 2.75) is 37.5 Å². The molecule has 2 aliphatic carbocycles. The maximum Gasteiger partial charge on any atom is 0.314 e. The lowest BCUT2D eigenvalue weighted by atomic mass is 9.44. The van der Waals surface area contributed by atoms with Crippen molar-refractivity contribution in [3.05, 3.63) is 35.6 Å². The SMILES string of the molecule is O=C(O)C1(c2ccc(F)cc2)CC2(CCC2)C1. The normalized spacial score (nSPS) is 23.8. The average Bonchev–Trinajstić information content (AvgIpc) is 2.16. The summed E-state index contributed by atoms with van der Waals surface area (Å²) < 4.78 is 12.9. The molecule has 0 heterocycles. The Hall–Kier alpha value is -1.38. The van der Waals surface area contributed by atoms with E-state index in [0.717, 1.165) is 31.2 Å². The monoisotopic (exact) mass is 234 g/mol. The van der Waals surface area contributed by atoms with Crippen molar-refractivity contribution in [2.24, 2.45) is 5.41 Å². The Kier molecular flexibility index (Phi) is 2.09. The minimum atomic E-state index is -0.762. The summed E-state index contributed by atoms with van der Waals surface area (Å²) in [4.78, 5) is 11.5. The maximum atomic E-state index is 12.9. The fraction of sp³-hybridized carbons (Fsp3) is 0.500. The molecule has 0 aliphatic heterocycles. The highest BCUT2D eigenvalue weighted by atomic mass is 19.1. The molecule has 3 rings (SSSR count). The van der Waals surface area contributed by atoms with Gasteiger partial charge < -0.3 is 5.11 Å². The van der Waals surface area contributed by atoms with Crippen LogP contribution in [0.25, 0.3) is 0 Å². The molecule has 0 atom stereocenters. The van der Waals surface area contributed by atoms with Crippen molar-refractivity contribution in [3.63, 3.8) is 0 Å². The summed E-state index contributed by atoms with van der Waals surface area (Å²) in [5.41, 5.74) is 0.282. The van der Waals surface area contributed by atoms with Crippen LogP contribution in [0.15, 0.2) is 24.3 Å².